The Morgan fingerprint density at radius 3 is 2.81 bits per heavy atom. The highest BCUT2D eigenvalue weighted by atomic mass is 16.5. The number of aliphatic hydroxyl groups is 1. The Hall–Kier alpha value is -3.51. The number of fused-ring (bicyclic) bond motifs is 1. The third kappa shape index (κ3) is 2.82. The highest BCUT2D eigenvalue weighted by molar-refractivity contribution is 5.93. The summed E-state index contributed by atoms with van der Waals surface area (Å²) >= 11 is 0. The third-order valence-electron chi connectivity index (χ3n) is 4.03. The lowest BCUT2D eigenvalue weighted by Gasteiger charge is -2.11. The molecule has 1 aliphatic heterocycles. The quantitative estimate of drug-likeness (QED) is 0.634. The molecule has 0 fully saturated rings. The molecule has 9 nitrogen and oxygen atoms in total. The predicted octanol–water partition coefficient (Wildman–Crippen LogP) is 1.81. The van der Waals surface area contributed by atoms with E-state index in [0.29, 0.717) is 16.8 Å². The van der Waals surface area contributed by atoms with Gasteiger partial charge in [-0.15, -0.1) is 5.11 Å². The molecule has 1 aliphatic rings. The van der Waals surface area contributed by atoms with Crippen LogP contribution in [-0.2, 0) is 17.9 Å². The number of hydrogen-bond donors (Lipinski definition) is 2. The number of benzene rings is 1. The van der Waals surface area contributed by atoms with Gasteiger partial charge in [0.15, 0.2) is 5.69 Å². The molecule has 9 heteroatoms. The number of azo groups is 1. The zero-order chi connectivity index (χ0) is 18.8. The molecule has 0 amide bonds. The topological polar surface area (TPSA) is 137 Å². The Morgan fingerprint density at radius 1 is 1.35 bits per heavy atom. The molecule has 1 aromatic heterocycles. The van der Waals surface area contributed by atoms with Crippen LogP contribution in [0.25, 0.3) is 0 Å². The second-order valence-corrected chi connectivity index (χ2v) is 5.58. The SMILES string of the molecule is Cc1c(C#N)c(O)n(CCO)c(=O)c1N=Nc1ccc2c(c1)COC2=O. The molecule has 3 rings (SSSR count). The number of ether oxygens (including phenoxy) is 1. The van der Waals surface area contributed by atoms with E-state index in [0.717, 1.165) is 4.57 Å². The molecule has 1 aromatic carbocycles. The fraction of sp³-hybridized carbons (Fsp3) is 0.235. The highest BCUT2D eigenvalue weighted by Crippen LogP contribution is 2.28. The van der Waals surface area contributed by atoms with Gasteiger partial charge in [-0.1, -0.05) is 0 Å². The molecule has 2 N–H and O–H groups in total. The van der Waals surface area contributed by atoms with E-state index in [4.69, 9.17) is 9.84 Å². The van der Waals surface area contributed by atoms with Gasteiger partial charge in [-0.3, -0.25) is 9.36 Å². The van der Waals surface area contributed by atoms with Crippen molar-refractivity contribution in [1.29, 1.82) is 5.26 Å². The maximum absolute atomic E-state index is 12.5. The van der Waals surface area contributed by atoms with E-state index >= 15 is 0 Å². The molecule has 2 aromatic rings. The van der Waals surface area contributed by atoms with Crippen molar-refractivity contribution in [2.75, 3.05) is 6.61 Å². The maximum Gasteiger partial charge on any atom is 0.338 e. The second-order valence-electron chi connectivity index (χ2n) is 5.58. The molecular weight excluding hydrogens is 340 g/mol. The molecule has 0 aliphatic carbocycles. The first-order valence-corrected chi connectivity index (χ1v) is 7.67. The van der Waals surface area contributed by atoms with Gasteiger partial charge in [0.1, 0.15) is 18.2 Å². The molecule has 0 spiro atoms. The molecule has 26 heavy (non-hydrogen) atoms. The molecule has 0 atom stereocenters. The summed E-state index contributed by atoms with van der Waals surface area (Å²) in [6.45, 7) is 1.06. The van der Waals surface area contributed by atoms with Gasteiger partial charge in [0.2, 0.25) is 5.88 Å². The lowest BCUT2D eigenvalue weighted by Crippen LogP contribution is -2.23. The number of rotatable bonds is 4. The average molecular weight is 354 g/mol. The van der Waals surface area contributed by atoms with Crippen molar-refractivity contribution in [2.24, 2.45) is 10.2 Å². The predicted molar refractivity (Wildman–Crippen MR) is 88.6 cm³/mol. The van der Waals surface area contributed by atoms with E-state index in [1.54, 1.807) is 18.2 Å². The van der Waals surface area contributed by atoms with E-state index < -0.39 is 24.0 Å². The Balaban J connectivity index is 2.06. The van der Waals surface area contributed by atoms with E-state index in [2.05, 4.69) is 10.2 Å². The van der Waals surface area contributed by atoms with Crippen LogP contribution in [0.2, 0.25) is 0 Å². The average Bonchev–Trinajstić information content (AvgIpc) is 2.99. The van der Waals surface area contributed by atoms with E-state index in [9.17, 15) is 20.0 Å². The maximum atomic E-state index is 12.5. The summed E-state index contributed by atoms with van der Waals surface area (Å²) in [4.78, 5) is 23.9. The number of aromatic nitrogens is 1. The summed E-state index contributed by atoms with van der Waals surface area (Å²) in [5, 5.41) is 36.2. The number of carbonyl (C=O) groups excluding carboxylic acids is 1. The standard InChI is InChI=1S/C17H14N4O5/c1-9-13(7-18)15(23)21(4-5-22)16(24)14(9)20-19-11-2-3-12-10(6-11)8-26-17(12)25/h2-3,6,22-23H,4-5,8H2,1H3. The van der Waals surface area contributed by atoms with Gasteiger partial charge < -0.3 is 14.9 Å². The van der Waals surface area contributed by atoms with Crippen molar-refractivity contribution in [3.05, 3.63) is 50.8 Å². The molecule has 0 unspecified atom stereocenters. The Bertz CT molecular complexity index is 1030. The summed E-state index contributed by atoms with van der Waals surface area (Å²) in [6, 6.07) is 6.56. The molecule has 2 heterocycles. The Labute approximate surface area is 147 Å². The number of aromatic hydroxyl groups is 1. The molecular formula is C17H14N4O5. The second kappa shape index (κ2) is 6.78. The number of pyridine rings is 1. The van der Waals surface area contributed by atoms with Gasteiger partial charge in [0, 0.05) is 11.1 Å². The van der Waals surface area contributed by atoms with E-state index in [-0.39, 0.29) is 30.0 Å². The van der Waals surface area contributed by atoms with Crippen LogP contribution in [0.15, 0.2) is 33.2 Å². The lowest BCUT2D eigenvalue weighted by molar-refractivity contribution is 0.0535. The van der Waals surface area contributed by atoms with Gasteiger partial charge >= 0.3 is 5.97 Å². The Kier molecular flexibility index (Phi) is 4.51. The van der Waals surface area contributed by atoms with Crippen LogP contribution in [-0.4, -0.2) is 27.4 Å². The number of aliphatic hydroxyl groups excluding tert-OH is 1. The minimum atomic E-state index is -0.670. The number of carbonyl (C=O) groups is 1. The summed E-state index contributed by atoms with van der Waals surface area (Å²) in [5.74, 6) is -0.917. The zero-order valence-corrected chi connectivity index (χ0v) is 13.8. The van der Waals surface area contributed by atoms with Crippen LogP contribution in [0.1, 0.15) is 27.0 Å². The van der Waals surface area contributed by atoms with Crippen molar-refractivity contribution < 1.29 is 19.7 Å². The lowest BCUT2D eigenvalue weighted by atomic mass is 10.1. The molecule has 0 saturated heterocycles. The van der Waals surface area contributed by atoms with Crippen LogP contribution < -0.4 is 5.56 Å². The van der Waals surface area contributed by atoms with Gasteiger partial charge in [-0.25, -0.2) is 4.79 Å². The van der Waals surface area contributed by atoms with Crippen molar-refractivity contribution in [2.45, 2.75) is 20.1 Å². The first-order chi connectivity index (χ1) is 12.5. The van der Waals surface area contributed by atoms with E-state index in [1.165, 1.54) is 6.92 Å². The van der Waals surface area contributed by atoms with Crippen LogP contribution in [0.4, 0.5) is 11.4 Å². The third-order valence-corrected chi connectivity index (χ3v) is 4.03. The first-order valence-electron chi connectivity index (χ1n) is 7.67. The van der Waals surface area contributed by atoms with E-state index in [1.807, 2.05) is 6.07 Å². The number of nitrogens with zero attached hydrogens (tertiary/aromatic N) is 4. The summed E-state index contributed by atoms with van der Waals surface area (Å²) in [7, 11) is 0. The molecule has 0 saturated carbocycles. The molecule has 0 bridgehead atoms. The first kappa shape index (κ1) is 17.3. The Morgan fingerprint density at radius 2 is 2.12 bits per heavy atom. The van der Waals surface area contributed by atoms with Gasteiger partial charge in [0.25, 0.3) is 5.56 Å². The van der Waals surface area contributed by atoms with Crippen LogP contribution in [0, 0.1) is 18.3 Å². The van der Waals surface area contributed by atoms with Gasteiger partial charge in [0.05, 0.1) is 24.4 Å². The summed E-state index contributed by atoms with van der Waals surface area (Å²) in [5.41, 5.74) is 0.830. The zero-order valence-electron chi connectivity index (χ0n) is 13.8. The van der Waals surface area contributed by atoms with Crippen LogP contribution in [0.5, 0.6) is 5.88 Å². The molecule has 132 valence electrons. The largest absolute Gasteiger partial charge is 0.493 e. The minimum absolute atomic E-state index is 0.111. The smallest absolute Gasteiger partial charge is 0.338 e. The van der Waals surface area contributed by atoms with Gasteiger partial charge in [-0.05, 0) is 25.1 Å². The normalized spacial score (nSPS) is 12.9. The number of nitriles is 1. The van der Waals surface area contributed by atoms with Crippen molar-refractivity contribution in [3.8, 4) is 11.9 Å². The van der Waals surface area contributed by atoms with Crippen molar-refractivity contribution in [3.63, 3.8) is 0 Å². The number of hydrogen-bond acceptors (Lipinski definition) is 8. The minimum Gasteiger partial charge on any atom is -0.493 e. The molecule has 0 radical (unpaired) electrons. The van der Waals surface area contributed by atoms with Crippen molar-refractivity contribution in [1.82, 2.24) is 4.57 Å². The van der Waals surface area contributed by atoms with Crippen LogP contribution >= 0.6 is 0 Å². The fourth-order valence-electron chi connectivity index (χ4n) is 2.65. The van der Waals surface area contributed by atoms with Crippen LogP contribution in [0.3, 0.4) is 0 Å². The summed E-state index contributed by atoms with van der Waals surface area (Å²) < 4.78 is 5.78. The monoisotopic (exact) mass is 354 g/mol. The van der Waals surface area contributed by atoms with Crippen molar-refractivity contribution >= 4 is 17.3 Å². The highest BCUT2D eigenvalue weighted by Gasteiger charge is 2.21. The van der Waals surface area contributed by atoms with Gasteiger partial charge in [-0.2, -0.15) is 10.4 Å². The number of cyclic esters (lactones) is 1. The number of esters is 1. The fourth-order valence-corrected chi connectivity index (χ4v) is 2.65. The summed E-state index contributed by atoms with van der Waals surface area (Å²) in [6.07, 6.45) is 0.